The molecule has 0 aliphatic carbocycles. The van der Waals surface area contributed by atoms with Crippen LogP contribution in [0.2, 0.25) is 0 Å². The number of hydrogen-bond acceptors (Lipinski definition) is 2. The molecular weight excluding hydrogens is 222 g/mol. The molecule has 0 amide bonds. The Morgan fingerprint density at radius 2 is 1.89 bits per heavy atom. The van der Waals surface area contributed by atoms with E-state index in [0.717, 1.165) is 22.9 Å². The molecular formula is C15H21N3. The van der Waals surface area contributed by atoms with Gasteiger partial charge in [-0.05, 0) is 19.4 Å². The second-order valence-corrected chi connectivity index (χ2v) is 5.24. The van der Waals surface area contributed by atoms with E-state index in [1.807, 2.05) is 11.6 Å². The first-order valence-electron chi connectivity index (χ1n) is 6.31. The molecule has 18 heavy (non-hydrogen) atoms. The monoisotopic (exact) mass is 243 g/mol. The normalized spacial score (nSPS) is 11.2. The summed E-state index contributed by atoms with van der Waals surface area (Å²) in [6.07, 6.45) is 0. The Kier molecular flexibility index (Phi) is 3.16. The molecule has 2 aromatic rings. The van der Waals surface area contributed by atoms with Crippen LogP contribution in [-0.4, -0.2) is 9.55 Å². The van der Waals surface area contributed by atoms with Crippen molar-refractivity contribution in [2.24, 2.45) is 7.05 Å². The molecule has 0 bridgehead atoms. The van der Waals surface area contributed by atoms with E-state index in [4.69, 9.17) is 10.7 Å². The zero-order valence-corrected chi connectivity index (χ0v) is 11.8. The number of aryl methyl sites for hydroxylation is 2. The summed E-state index contributed by atoms with van der Waals surface area (Å²) < 4.78 is 1.99. The van der Waals surface area contributed by atoms with Crippen LogP contribution in [0.3, 0.4) is 0 Å². The van der Waals surface area contributed by atoms with Crippen LogP contribution >= 0.6 is 0 Å². The number of hydrogen-bond donors (Lipinski definition) is 1. The van der Waals surface area contributed by atoms with Gasteiger partial charge in [0.05, 0.1) is 0 Å². The predicted octanol–water partition coefficient (Wildman–Crippen LogP) is 3.41. The average molecular weight is 243 g/mol. The smallest absolute Gasteiger partial charge is 0.131 e. The molecule has 3 nitrogen and oxygen atoms in total. The van der Waals surface area contributed by atoms with Crippen LogP contribution in [0.5, 0.6) is 0 Å². The van der Waals surface area contributed by atoms with Crippen LogP contribution in [0.25, 0.3) is 11.3 Å². The Hall–Kier alpha value is -1.77. The molecule has 0 aliphatic heterocycles. The molecule has 0 radical (unpaired) electrons. The van der Waals surface area contributed by atoms with E-state index >= 15 is 0 Å². The number of aromatic nitrogens is 2. The molecule has 0 aliphatic rings. The lowest BCUT2D eigenvalue weighted by atomic mass is 10.0. The topological polar surface area (TPSA) is 43.8 Å². The molecule has 3 heteroatoms. The van der Waals surface area contributed by atoms with Crippen molar-refractivity contribution >= 4 is 5.82 Å². The Bertz CT molecular complexity index is 580. The third-order valence-electron chi connectivity index (χ3n) is 3.33. The van der Waals surface area contributed by atoms with E-state index in [0.29, 0.717) is 5.92 Å². The summed E-state index contributed by atoms with van der Waals surface area (Å²) in [6, 6.07) is 6.37. The van der Waals surface area contributed by atoms with E-state index in [-0.39, 0.29) is 0 Å². The van der Waals surface area contributed by atoms with E-state index in [1.165, 1.54) is 11.1 Å². The third-order valence-corrected chi connectivity index (χ3v) is 3.33. The van der Waals surface area contributed by atoms with Gasteiger partial charge in [0.25, 0.3) is 0 Å². The first kappa shape index (κ1) is 12.7. The summed E-state index contributed by atoms with van der Waals surface area (Å²) >= 11 is 0. The molecule has 2 N–H and O–H groups in total. The molecule has 0 unspecified atom stereocenters. The Morgan fingerprint density at radius 3 is 2.39 bits per heavy atom. The van der Waals surface area contributed by atoms with E-state index < -0.39 is 0 Å². The van der Waals surface area contributed by atoms with Crippen molar-refractivity contribution in [1.82, 2.24) is 9.55 Å². The summed E-state index contributed by atoms with van der Waals surface area (Å²) in [4.78, 5) is 4.71. The molecule has 0 saturated carbocycles. The number of nitrogens with two attached hydrogens (primary N) is 1. The highest BCUT2D eigenvalue weighted by Crippen LogP contribution is 2.30. The van der Waals surface area contributed by atoms with Crippen molar-refractivity contribution in [2.45, 2.75) is 33.6 Å². The number of anilines is 1. The quantitative estimate of drug-likeness (QED) is 0.878. The summed E-state index contributed by atoms with van der Waals surface area (Å²) in [7, 11) is 1.98. The van der Waals surface area contributed by atoms with Crippen LogP contribution in [0.4, 0.5) is 5.82 Å². The van der Waals surface area contributed by atoms with Crippen LogP contribution < -0.4 is 5.73 Å². The minimum Gasteiger partial charge on any atom is -0.383 e. The van der Waals surface area contributed by atoms with E-state index in [1.54, 1.807) is 0 Å². The fraction of sp³-hybridized carbons (Fsp3) is 0.400. The van der Waals surface area contributed by atoms with Crippen molar-refractivity contribution in [2.75, 3.05) is 5.73 Å². The zero-order chi connectivity index (χ0) is 13.4. The fourth-order valence-electron chi connectivity index (χ4n) is 2.32. The van der Waals surface area contributed by atoms with Crippen molar-refractivity contribution in [3.05, 3.63) is 35.2 Å². The molecule has 0 spiro atoms. The summed E-state index contributed by atoms with van der Waals surface area (Å²) in [5.41, 5.74) is 10.7. The highest BCUT2D eigenvalue weighted by atomic mass is 15.1. The molecule has 1 aromatic carbocycles. The van der Waals surface area contributed by atoms with Crippen molar-refractivity contribution in [3.63, 3.8) is 0 Å². The van der Waals surface area contributed by atoms with Gasteiger partial charge in [-0.3, -0.25) is 0 Å². The first-order valence-corrected chi connectivity index (χ1v) is 6.31. The Balaban J connectivity index is 2.61. The van der Waals surface area contributed by atoms with Crippen molar-refractivity contribution in [3.8, 4) is 11.3 Å². The van der Waals surface area contributed by atoms with Gasteiger partial charge in [-0.2, -0.15) is 0 Å². The molecule has 1 heterocycles. The predicted molar refractivity (Wildman–Crippen MR) is 76.6 cm³/mol. The molecule has 1 aromatic heterocycles. The zero-order valence-electron chi connectivity index (χ0n) is 11.8. The highest BCUT2D eigenvalue weighted by molar-refractivity contribution is 5.74. The van der Waals surface area contributed by atoms with Gasteiger partial charge in [0.1, 0.15) is 17.3 Å². The van der Waals surface area contributed by atoms with Crippen LogP contribution in [-0.2, 0) is 7.05 Å². The van der Waals surface area contributed by atoms with Gasteiger partial charge < -0.3 is 10.3 Å². The lowest BCUT2D eigenvalue weighted by molar-refractivity contribution is 0.715. The molecule has 0 fully saturated rings. The molecule has 2 rings (SSSR count). The average Bonchev–Trinajstić information content (AvgIpc) is 2.57. The van der Waals surface area contributed by atoms with Crippen molar-refractivity contribution < 1.29 is 0 Å². The van der Waals surface area contributed by atoms with Gasteiger partial charge in [0, 0.05) is 18.5 Å². The maximum absolute atomic E-state index is 6.18. The van der Waals surface area contributed by atoms with Gasteiger partial charge in [-0.15, -0.1) is 0 Å². The lowest BCUT2D eigenvalue weighted by Gasteiger charge is -2.05. The summed E-state index contributed by atoms with van der Waals surface area (Å²) in [5.74, 6) is 2.14. The van der Waals surface area contributed by atoms with Crippen LogP contribution in [0.15, 0.2) is 18.2 Å². The Morgan fingerprint density at radius 1 is 1.22 bits per heavy atom. The van der Waals surface area contributed by atoms with Gasteiger partial charge >= 0.3 is 0 Å². The SMILES string of the molecule is Cc1ccc(-c2nc(C(C)C)n(C)c2N)c(C)c1. The summed E-state index contributed by atoms with van der Waals surface area (Å²) in [6.45, 7) is 8.46. The fourth-order valence-corrected chi connectivity index (χ4v) is 2.32. The Labute approximate surface area is 109 Å². The van der Waals surface area contributed by atoms with E-state index in [9.17, 15) is 0 Å². The van der Waals surface area contributed by atoms with Gasteiger partial charge in [0.15, 0.2) is 0 Å². The number of benzene rings is 1. The van der Waals surface area contributed by atoms with Gasteiger partial charge in [-0.1, -0.05) is 37.6 Å². The number of nitrogen functional groups attached to an aromatic ring is 1. The van der Waals surface area contributed by atoms with Crippen molar-refractivity contribution in [1.29, 1.82) is 0 Å². The van der Waals surface area contributed by atoms with Gasteiger partial charge in [-0.25, -0.2) is 4.98 Å². The van der Waals surface area contributed by atoms with Crippen LogP contribution in [0.1, 0.15) is 36.7 Å². The number of imidazole rings is 1. The maximum Gasteiger partial charge on any atom is 0.131 e. The van der Waals surface area contributed by atoms with Gasteiger partial charge in [0.2, 0.25) is 0 Å². The minimum atomic E-state index is 0.372. The number of rotatable bonds is 2. The largest absolute Gasteiger partial charge is 0.383 e. The standard InChI is InChI=1S/C15H21N3/c1-9(2)15-17-13(14(16)18(15)5)12-7-6-10(3)8-11(12)4/h6-9H,16H2,1-5H3. The summed E-state index contributed by atoms with van der Waals surface area (Å²) in [5, 5.41) is 0. The molecule has 96 valence electrons. The van der Waals surface area contributed by atoms with E-state index in [2.05, 4.69) is 45.9 Å². The lowest BCUT2D eigenvalue weighted by Crippen LogP contribution is -2.02. The third kappa shape index (κ3) is 2.01. The second-order valence-electron chi connectivity index (χ2n) is 5.24. The second kappa shape index (κ2) is 4.48. The minimum absolute atomic E-state index is 0.372. The first-order chi connectivity index (χ1) is 8.41. The molecule has 0 saturated heterocycles. The maximum atomic E-state index is 6.18. The highest BCUT2D eigenvalue weighted by Gasteiger charge is 2.16. The number of nitrogens with zero attached hydrogens (tertiary/aromatic N) is 2. The van der Waals surface area contributed by atoms with Crippen LogP contribution in [0, 0.1) is 13.8 Å². The molecule has 0 atom stereocenters.